The highest BCUT2D eigenvalue weighted by Gasteiger charge is 2.26. The van der Waals surface area contributed by atoms with E-state index in [9.17, 15) is 9.59 Å². The molecule has 25 heavy (non-hydrogen) atoms. The minimum Gasteiger partial charge on any atom is -0.488 e. The number of aryl methyl sites for hydroxylation is 1. The zero-order chi connectivity index (χ0) is 18.2. The van der Waals surface area contributed by atoms with Crippen LogP contribution in [0.15, 0.2) is 42.5 Å². The van der Waals surface area contributed by atoms with E-state index >= 15 is 0 Å². The van der Waals surface area contributed by atoms with Crippen LogP contribution in [0.5, 0.6) is 5.75 Å². The maximum Gasteiger partial charge on any atom is 0.342 e. The second-order valence-corrected chi connectivity index (χ2v) is 5.35. The van der Waals surface area contributed by atoms with E-state index in [1.54, 1.807) is 32.9 Å². The van der Waals surface area contributed by atoms with Crippen LogP contribution in [0.3, 0.4) is 0 Å². The summed E-state index contributed by atoms with van der Waals surface area (Å²) >= 11 is 0. The molecule has 0 aromatic heterocycles. The van der Waals surface area contributed by atoms with Crippen molar-refractivity contribution in [3.05, 3.63) is 64.7 Å². The Balaban J connectivity index is 2.42. The van der Waals surface area contributed by atoms with Crippen LogP contribution in [-0.2, 0) is 16.1 Å². The summed E-state index contributed by atoms with van der Waals surface area (Å²) in [5, 5.41) is 0. The first-order valence-electron chi connectivity index (χ1n) is 8.23. The van der Waals surface area contributed by atoms with Crippen molar-refractivity contribution in [2.75, 3.05) is 13.2 Å². The highest BCUT2D eigenvalue weighted by Crippen LogP contribution is 2.28. The molecule has 0 amide bonds. The van der Waals surface area contributed by atoms with Gasteiger partial charge >= 0.3 is 11.9 Å². The molecular formula is C20H22O5. The molecule has 0 spiro atoms. The van der Waals surface area contributed by atoms with Gasteiger partial charge in [0.25, 0.3) is 0 Å². The number of benzene rings is 2. The van der Waals surface area contributed by atoms with Gasteiger partial charge < -0.3 is 14.2 Å². The topological polar surface area (TPSA) is 61.8 Å². The van der Waals surface area contributed by atoms with Crippen molar-refractivity contribution in [1.29, 1.82) is 0 Å². The van der Waals surface area contributed by atoms with Gasteiger partial charge in [-0.1, -0.05) is 36.4 Å². The first kappa shape index (κ1) is 18.5. The molecule has 0 heterocycles. The van der Waals surface area contributed by atoms with Gasteiger partial charge in [-0.05, 0) is 38.0 Å². The van der Waals surface area contributed by atoms with E-state index in [1.165, 1.54) is 0 Å². The van der Waals surface area contributed by atoms with Gasteiger partial charge in [0.1, 0.15) is 17.9 Å². The third-order valence-corrected chi connectivity index (χ3v) is 3.57. The molecule has 0 unspecified atom stereocenters. The standard InChI is InChI=1S/C20H22O5/c1-4-23-19(21)17-14(3)11-12-16(18(17)20(22)24-5-2)25-13-15-9-7-6-8-10-15/h6-12H,4-5,13H2,1-3H3. The van der Waals surface area contributed by atoms with Crippen molar-refractivity contribution in [2.45, 2.75) is 27.4 Å². The SMILES string of the molecule is CCOC(=O)c1c(C)ccc(OCc2ccccc2)c1C(=O)OCC. The second-order valence-electron chi connectivity index (χ2n) is 5.35. The molecule has 0 aliphatic carbocycles. The van der Waals surface area contributed by atoms with Crippen molar-refractivity contribution in [1.82, 2.24) is 0 Å². The summed E-state index contributed by atoms with van der Waals surface area (Å²) < 4.78 is 16.0. The van der Waals surface area contributed by atoms with Crippen LogP contribution >= 0.6 is 0 Å². The van der Waals surface area contributed by atoms with Gasteiger partial charge in [0.15, 0.2) is 0 Å². The van der Waals surface area contributed by atoms with Gasteiger partial charge in [-0.25, -0.2) is 9.59 Å². The maximum atomic E-state index is 12.4. The lowest BCUT2D eigenvalue weighted by Crippen LogP contribution is -2.17. The summed E-state index contributed by atoms with van der Waals surface area (Å²) in [6.07, 6.45) is 0. The Morgan fingerprint density at radius 2 is 1.44 bits per heavy atom. The molecule has 0 aliphatic heterocycles. The zero-order valence-corrected chi connectivity index (χ0v) is 14.7. The molecule has 0 radical (unpaired) electrons. The fourth-order valence-corrected chi connectivity index (χ4v) is 2.42. The number of carbonyl (C=O) groups is 2. The quantitative estimate of drug-likeness (QED) is 0.714. The smallest absolute Gasteiger partial charge is 0.342 e. The second kappa shape index (κ2) is 8.87. The summed E-state index contributed by atoms with van der Waals surface area (Å²) in [5.41, 5.74) is 1.88. The van der Waals surface area contributed by atoms with Crippen molar-refractivity contribution in [3.8, 4) is 5.75 Å². The lowest BCUT2D eigenvalue weighted by atomic mass is 10.0. The highest BCUT2D eigenvalue weighted by molar-refractivity contribution is 6.06. The van der Waals surface area contributed by atoms with Crippen molar-refractivity contribution >= 4 is 11.9 Å². The van der Waals surface area contributed by atoms with Crippen molar-refractivity contribution in [2.24, 2.45) is 0 Å². The fraction of sp³-hybridized carbons (Fsp3) is 0.300. The Labute approximate surface area is 147 Å². The Bertz CT molecular complexity index is 737. The van der Waals surface area contributed by atoms with E-state index in [0.29, 0.717) is 11.3 Å². The van der Waals surface area contributed by atoms with Gasteiger partial charge in [0.2, 0.25) is 0 Å². The average Bonchev–Trinajstić information content (AvgIpc) is 2.61. The predicted molar refractivity (Wildman–Crippen MR) is 93.9 cm³/mol. The number of ether oxygens (including phenoxy) is 3. The van der Waals surface area contributed by atoms with Gasteiger partial charge in [-0.3, -0.25) is 0 Å². The molecule has 132 valence electrons. The number of carbonyl (C=O) groups excluding carboxylic acids is 2. The van der Waals surface area contributed by atoms with E-state index in [1.807, 2.05) is 30.3 Å². The Kier molecular flexibility index (Phi) is 6.57. The lowest BCUT2D eigenvalue weighted by Gasteiger charge is -2.16. The normalized spacial score (nSPS) is 10.2. The van der Waals surface area contributed by atoms with E-state index in [2.05, 4.69) is 0 Å². The van der Waals surface area contributed by atoms with Crippen LogP contribution in [0.2, 0.25) is 0 Å². The van der Waals surface area contributed by atoms with E-state index < -0.39 is 11.9 Å². The summed E-state index contributed by atoms with van der Waals surface area (Å²) in [6.45, 7) is 5.87. The molecular weight excluding hydrogens is 320 g/mol. The first-order chi connectivity index (χ1) is 12.1. The van der Waals surface area contributed by atoms with Crippen LogP contribution < -0.4 is 4.74 Å². The van der Waals surface area contributed by atoms with Crippen LogP contribution in [-0.4, -0.2) is 25.2 Å². The van der Waals surface area contributed by atoms with Gasteiger partial charge in [0, 0.05) is 0 Å². The molecule has 2 rings (SSSR count). The molecule has 0 saturated carbocycles. The molecule has 0 saturated heterocycles. The summed E-state index contributed by atoms with van der Waals surface area (Å²) in [6, 6.07) is 13.0. The minimum absolute atomic E-state index is 0.108. The van der Waals surface area contributed by atoms with Crippen LogP contribution in [0.4, 0.5) is 0 Å². The molecule has 0 N–H and O–H groups in total. The molecule has 0 aliphatic rings. The number of rotatable bonds is 7. The van der Waals surface area contributed by atoms with Crippen molar-refractivity contribution in [3.63, 3.8) is 0 Å². The largest absolute Gasteiger partial charge is 0.488 e. The first-order valence-corrected chi connectivity index (χ1v) is 8.23. The van der Waals surface area contributed by atoms with Crippen LogP contribution in [0.1, 0.15) is 45.7 Å². The number of hydrogen-bond donors (Lipinski definition) is 0. The molecule has 0 atom stereocenters. The monoisotopic (exact) mass is 342 g/mol. The lowest BCUT2D eigenvalue weighted by molar-refractivity contribution is 0.0473. The molecule has 5 heteroatoms. The Morgan fingerprint density at radius 1 is 0.840 bits per heavy atom. The highest BCUT2D eigenvalue weighted by atomic mass is 16.5. The van der Waals surface area contributed by atoms with Gasteiger partial charge in [0.05, 0.1) is 18.8 Å². The van der Waals surface area contributed by atoms with Crippen molar-refractivity contribution < 1.29 is 23.8 Å². The summed E-state index contributed by atoms with van der Waals surface area (Å²) in [5.74, 6) is -0.860. The Hall–Kier alpha value is -2.82. The zero-order valence-electron chi connectivity index (χ0n) is 14.7. The molecule has 2 aromatic rings. The van der Waals surface area contributed by atoms with E-state index in [0.717, 1.165) is 5.56 Å². The van der Waals surface area contributed by atoms with Crippen LogP contribution in [0, 0.1) is 6.92 Å². The molecule has 0 bridgehead atoms. The van der Waals surface area contributed by atoms with Gasteiger partial charge in [-0.15, -0.1) is 0 Å². The molecule has 5 nitrogen and oxygen atoms in total. The van der Waals surface area contributed by atoms with E-state index in [4.69, 9.17) is 14.2 Å². The third kappa shape index (κ3) is 4.59. The minimum atomic E-state index is -0.600. The average molecular weight is 342 g/mol. The van der Waals surface area contributed by atoms with E-state index in [-0.39, 0.29) is 30.9 Å². The molecule has 0 fully saturated rings. The number of hydrogen-bond acceptors (Lipinski definition) is 5. The molecule has 2 aromatic carbocycles. The summed E-state index contributed by atoms with van der Waals surface area (Å²) in [4.78, 5) is 24.8. The van der Waals surface area contributed by atoms with Crippen LogP contribution in [0.25, 0.3) is 0 Å². The van der Waals surface area contributed by atoms with Gasteiger partial charge in [-0.2, -0.15) is 0 Å². The third-order valence-electron chi connectivity index (χ3n) is 3.57. The predicted octanol–water partition coefficient (Wildman–Crippen LogP) is 3.93. The fourth-order valence-electron chi connectivity index (χ4n) is 2.42. The summed E-state index contributed by atoms with van der Waals surface area (Å²) in [7, 11) is 0. The maximum absolute atomic E-state index is 12.4. The Morgan fingerprint density at radius 3 is 2.04 bits per heavy atom. The number of esters is 2.